The monoisotopic (exact) mass is 459 g/mol. The summed E-state index contributed by atoms with van der Waals surface area (Å²) in [6, 6.07) is 9.67. The summed E-state index contributed by atoms with van der Waals surface area (Å²) in [5.41, 5.74) is 1.46. The highest BCUT2D eigenvalue weighted by molar-refractivity contribution is 7.09. The number of aromatic amines is 1. The number of aryl methyl sites for hydroxylation is 1. The molecule has 32 heavy (non-hydrogen) atoms. The third-order valence-corrected chi connectivity index (χ3v) is 5.81. The van der Waals surface area contributed by atoms with Crippen LogP contribution in [0, 0.1) is 5.82 Å². The number of nitrogens with one attached hydrogen (secondary N) is 2. The Bertz CT molecular complexity index is 1190. The van der Waals surface area contributed by atoms with E-state index in [4.69, 9.17) is 0 Å². The molecule has 3 heterocycles. The van der Waals surface area contributed by atoms with Gasteiger partial charge in [0.05, 0.1) is 28.3 Å². The molecule has 1 aromatic carbocycles. The van der Waals surface area contributed by atoms with Gasteiger partial charge in [0.1, 0.15) is 11.5 Å². The van der Waals surface area contributed by atoms with Crippen molar-refractivity contribution in [3.8, 4) is 0 Å². The van der Waals surface area contributed by atoms with Crippen molar-refractivity contribution in [1.29, 1.82) is 0 Å². The van der Waals surface area contributed by atoms with E-state index in [0.717, 1.165) is 0 Å². The number of hydrogen-bond donors (Lipinski definition) is 2. The van der Waals surface area contributed by atoms with Crippen molar-refractivity contribution in [2.24, 2.45) is 0 Å². The molecular weight excluding hydrogens is 439 g/mol. The summed E-state index contributed by atoms with van der Waals surface area (Å²) in [5.74, 6) is -4.30. The van der Waals surface area contributed by atoms with Crippen LogP contribution in [-0.2, 0) is 18.9 Å². The smallest absolute Gasteiger partial charge is 0.304 e. The molecule has 0 radical (unpaired) electrons. The normalized spacial score (nSPS) is 11.7. The molecule has 0 fully saturated rings. The third-order valence-electron chi connectivity index (χ3n) is 4.90. The van der Waals surface area contributed by atoms with Gasteiger partial charge in [-0.15, -0.1) is 11.3 Å². The standard InChI is InChI=1S/C22H20F3N5OS/c23-14-6-5-11-26-17(14)12-27-20(31)18-13-32-19(28-18)9-3-4-10-22(24,25)21-29-15-7-1-2-8-16(15)30-21/h1-2,5-8,11,13H,3-4,9-10,12H2,(H,27,31)(H,29,30). The predicted molar refractivity (Wildman–Crippen MR) is 115 cm³/mol. The zero-order chi connectivity index (χ0) is 22.6. The number of benzene rings is 1. The second kappa shape index (κ2) is 9.47. The van der Waals surface area contributed by atoms with Crippen molar-refractivity contribution in [3.63, 3.8) is 0 Å². The van der Waals surface area contributed by atoms with E-state index in [1.807, 2.05) is 0 Å². The van der Waals surface area contributed by atoms with Crippen LogP contribution in [0.3, 0.4) is 0 Å². The minimum atomic E-state index is -3.05. The minimum absolute atomic E-state index is 0.0464. The van der Waals surface area contributed by atoms with E-state index in [1.165, 1.54) is 29.7 Å². The van der Waals surface area contributed by atoms with Gasteiger partial charge in [-0.25, -0.2) is 14.4 Å². The van der Waals surface area contributed by atoms with Crippen LogP contribution in [0.15, 0.2) is 48.0 Å². The first-order chi connectivity index (χ1) is 15.4. The zero-order valence-electron chi connectivity index (χ0n) is 16.9. The van der Waals surface area contributed by atoms with E-state index >= 15 is 0 Å². The first kappa shape index (κ1) is 21.9. The number of nitrogens with zero attached hydrogens (tertiary/aromatic N) is 3. The Kier molecular flexibility index (Phi) is 6.50. The van der Waals surface area contributed by atoms with Gasteiger partial charge in [-0.2, -0.15) is 8.78 Å². The molecule has 6 nitrogen and oxygen atoms in total. The molecule has 10 heteroatoms. The van der Waals surface area contributed by atoms with E-state index in [0.29, 0.717) is 28.9 Å². The van der Waals surface area contributed by atoms with Crippen molar-refractivity contribution in [2.75, 3.05) is 0 Å². The molecule has 0 bridgehead atoms. The maximum Gasteiger partial charge on any atom is 0.304 e. The number of carbonyl (C=O) groups is 1. The highest BCUT2D eigenvalue weighted by Gasteiger charge is 2.34. The maximum atomic E-state index is 14.5. The number of amides is 1. The van der Waals surface area contributed by atoms with E-state index in [1.54, 1.807) is 29.6 Å². The number of fused-ring (bicyclic) bond motifs is 1. The van der Waals surface area contributed by atoms with Gasteiger partial charge in [-0.3, -0.25) is 9.78 Å². The van der Waals surface area contributed by atoms with Crippen molar-refractivity contribution in [3.05, 3.63) is 76.0 Å². The molecule has 0 aliphatic rings. The van der Waals surface area contributed by atoms with Crippen LogP contribution in [0.4, 0.5) is 13.2 Å². The second-order valence-electron chi connectivity index (χ2n) is 7.26. The van der Waals surface area contributed by atoms with Gasteiger partial charge in [0.25, 0.3) is 5.91 Å². The van der Waals surface area contributed by atoms with Crippen LogP contribution in [0.1, 0.15) is 46.3 Å². The Balaban J connectivity index is 1.25. The number of imidazole rings is 1. The van der Waals surface area contributed by atoms with Crippen molar-refractivity contribution in [1.82, 2.24) is 25.3 Å². The highest BCUT2D eigenvalue weighted by Crippen LogP contribution is 2.33. The molecule has 2 N–H and O–H groups in total. The number of aromatic nitrogens is 4. The average molecular weight is 459 g/mol. The van der Waals surface area contributed by atoms with Gasteiger partial charge in [-0.05, 0) is 43.5 Å². The Morgan fingerprint density at radius 2 is 1.97 bits per heavy atom. The number of para-hydroxylation sites is 2. The van der Waals surface area contributed by atoms with E-state index in [2.05, 4.69) is 25.3 Å². The van der Waals surface area contributed by atoms with Crippen LogP contribution < -0.4 is 5.32 Å². The fourth-order valence-electron chi connectivity index (χ4n) is 3.20. The lowest BCUT2D eigenvalue weighted by Gasteiger charge is -2.13. The van der Waals surface area contributed by atoms with Gasteiger partial charge in [-0.1, -0.05) is 12.1 Å². The lowest BCUT2D eigenvalue weighted by molar-refractivity contribution is -0.0236. The number of H-pyrrole nitrogens is 1. The lowest BCUT2D eigenvalue weighted by Crippen LogP contribution is -2.24. The minimum Gasteiger partial charge on any atom is -0.345 e. The molecule has 0 aliphatic heterocycles. The molecule has 0 spiro atoms. The van der Waals surface area contributed by atoms with Crippen LogP contribution in [0.5, 0.6) is 0 Å². The number of hydrogen-bond acceptors (Lipinski definition) is 5. The van der Waals surface area contributed by atoms with Crippen molar-refractivity contribution in [2.45, 2.75) is 38.2 Å². The number of pyridine rings is 1. The topological polar surface area (TPSA) is 83.6 Å². The Labute approximate surface area is 185 Å². The molecule has 0 unspecified atom stereocenters. The zero-order valence-corrected chi connectivity index (χ0v) is 17.8. The molecule has 0 saturated carbocycles. The van der Waals surface area contributed by atoms with Gasteiger partial charge in [0.15, 0.2) is 5.82 Å². The number of thiazole rings is 1. The summed E-state index contributed by atoms with van der Waals surface area (Å²) in [5, 5.41) is 4.86. The van der Waals surface area contributed by atoms with Crippen molar-refractivity contribution < 1.29 is 18.0 Å². The predicted octanol–water partition coefficient (Wildman–Crippen LogP) is 4.99. The molecule has 0 aliphatic carbocycles. The summed E-state index contributed by atoms with van der Waals surface area (Å²) < 4.78 is 42.6. The Hall–Kier alpha value is -3.27. The summed E-state index contributed by atoms with van der Waals surface area (Å²) in [4.78, 5) is 27.0. The fraction of sp³-hybridized carbons (Fsp3) is 0.273. The molecule has 1 amide bonds. The summed E-state index contributed by atoms with van der Waals surface area (Å²) in [6.07, 6.45) is 2.39. The lowest BCUT2D eigenvalue weighted by atomic mass is 10.1. The van der Waals surface area contributed by atoms with E-state index in [9.17, 15) is 18.0 Å². The molecule has 4 rings (SSSR count). The highest BCUT2D eigenvalue weighted by atomic mass is 32.1. The largest absolute Gasteiger partial charge is 0.345 e. The second-order valence-corrected chi connectivity index (χ2v) is 8.20. The van der Waals surface area contributed by atoms with Crippen LogP contribution in [0.2, 0.25) is 0 Å². The SMILES string of the molecule is O=C(NCc1ncccc1F)c1csc(CCCCC(F)(F)c2nc3ccccc3[nH]2)n1. The maximum absolute atomic E-state index is 14.5. The van der Waals surface area contributed by atoms with Crippen LogP contribution in [0.25, 0.3) is 11.0 Å². The van der Waals surface area contributed by atoms with Crippen LogP contribution in [-0.4, -0.2) is 25.8 Å². The number of carbonyl (C=O) groups excluding carboxylic acids is 1. The molecular formula is C22H20F3N5OS. The Morgan fingerprint density at radius 1 is 1.12 bits per heavy atom. The number of rotatable bonds is 9. The first-order valence-electron chi connectivity index (χ1n) is 10.1. The van der Waals surface area contributed by atoms with E-state index in [-0.39, 0.29) is 36.6 Å². The Morgan fingerprint density at radius 3 is 2.78 bits per heavy atom. The molecule has 0 atom stereocenters. The fourth-order valence-corrected chi connectivity index (χ4v) is 4.02. The number of alkyl halides is 2. The summed E-state index contributed by atoms with van der Waals surface area (Å²) >= 11 is 1.29. The number of halogens is 3. The first-order valence-corrected chi connectivity index (χ1v) is 11.0. The third kappa shape index (κ3) is 5.13. The van der Waals surface area contributed by atoms with Gasteiger partial charge in [0, 0.05) is 18.0 Å². The number of unbranched alkanes of at least 4 members (excludes halogenated alkanes) is 1. The van der Waals surface area contributed by atoms with Gasteiger partial charge in [0.2, 0.25) is 0 Å². The summed E-state index contributed by atoms with van der Waals surface area (Å²) in [6.45, 7) is -0.0464. The van der Waals surface area contributed by atoms with Gasteiger partial charge >= 0.3 is 5.92 Å². The van der Waals surface area contributed by atoms with E-state index < -0.39 is 17.6 Å². The van der Waals surface area contributed by atoms with Crippen LogP contribution >= 0.6 is 11.3 Å². The quantitative estimate of drug-likeness (QED) is 0.346. The van der Waals surface area contributed by atoms with Gasteiger partial charge < -0.3 is 10.3 Å². The average Bonchev–Trinajstić information content (AvgIpc) is 3.44. The molecule has 0 saturated heterocycles. The van der Waals surface area contributed by atoms with Crippen molar-refractivity contribution >= 4 is 28.3 Å². The summed E-state index contributed by atoms with van der Waals surface area (Å²) in [7, 11) is 0. The molecule has 166 valence electrons. The molecule has 3 aromatic heterocycles. The molecule has 4 aromatic rings.